The molecule has 0 heterocycles. The van der Waals surface area contributed by atoms with E-state index < -0.39 is 0 Å². The van der Waals surface area contributed by atoms with Gasteiger partial charge in [0.25, 0.3) is 0 Å². The maximum Gasteiger partial charge on any atom is 0.120 e. The molecule has 0 spiro atoms. The van der Waals surface area contributed by atoms with Crippen LogP contribution in [-0.4, -0.2) is 30.0 Å². The molecule has 1 rings (SSSR count). The lowest BCUT2D eigenvalue weighted by Crippen LogP contribution is -2.06. The van der Waals surface area contributed by atoms with Gasteiger partial charge in [-0.2, -0.15) is 0 Å². The molecule has 0 radical (unpaired) electrons. The molecule has 1 aromatic carbocycles. The fraction of sp³-hybridized carbons (Fsp3) is 0.500. The highest BCUT2D eigenvalue weighted by molar-refractivity contribution is 5.33. The summed E-state index contributed by atoms with van der Waals surface area (Å²) in [7, 11) is 0. The topological polar surface area (TPSA) is 58.9 Å². The molecule has 1 aromatic rings. The highest BCUT2D eigenvalue weighted by atomic mass is 16.5. The molecule has 2 N–H and O–H groups in total. The van der Waals surface area contributed by atoms with Crippen molar-refractivity contribution in [3.05, 3.63) is 29.3 Å². The van der Waals surface area contributed by atoms with Gasteiger partial charge in [0, 0.05) is 6.61 Å². The summed E-state index contributed by atoms with van der Waals surface area (Å²) in [5.41, 5.74) is 1.47. The van der Waals surface area contributed by atoms with E-state index in [-0.39, 0.29) is 13.2 Å². The molecule has 0 saturated carbocycles. The van der Waals surface area contributed by atoms with Crippen molar-refractivity contribution in [2.75, 3.05) is 19.8 Å². The van der Waals surface area contributed by atoms with Crippen molar-refractivity contribution < 1.29 is 19.7 Å². The second-order valence-electron chi connectivity index (χ2n) is 3.35. The smallest absolute Gasteiger partial charge is 0.120 e. The largest absolute Gasteiger partial charge is 0.491 e. The summed E-state index contributed by atoms with van der Waals surface area (Å²) >= 11 is 0. The quantitative estimate of drug-likeness (QED) is 0.683. The molecule has 0 aliphatic carbocycles. The lowest BCUT2D eigenvalue weighted by molar-refractivity contribution is 0.110. The van der Waals surface area contributed by atoms with Gasteiger partial charge in [-0.3, -0.25) is 0 Å². The Balaban J connectivity index is 2.57. The zero-order chi connectivity index (χ0) is 11.8. The highest BCUT2D eigenvalue weighted by Gasteiger charge is 2.01. The first-order valence-corrected chi connectivity index (χ1v) is 5.35. The third-order valence-corrected chi connectivity index (χ3v) is 2.09. The van der Waals surface area contributed by atoms with E-state index in [0.29, 0.717) is 25.6 Å². The van der Waals surface area contributed by atoms with Crippen LogP contribution in [0.5, 0.6) is 5.75 Å². The van der Waals surface area contributed by atoms with Crippen LogP contribution in [-0.2, 0) is 18.0 Å². The Morgan fingerprint density at radius 2 is 1.62 bits per heavy atom. The average molecular weight is 226 g/mol. The highest BCUT2D eigenvalue weighted by Crippen LogP contribution is 2.17. The number of rotatable bonds is 7. The molecule has 4 heteroatoms. The van der Waals surface area contributed by atoms with Crippen LogP contribution < -0.4 is 4.74 Å². The standard InChI is InChI=1S/C12H18O4/c1-2-15-3-4-16-12-6-10(8-13)5-11(7-12)9-14/h5-7,13-14H,2-4,8-9H2,1H3. The molecule has 0 bridgehead atoms. The fourth-order valence-corrected chi connectivity index (χ4v) is 1.36. The van der Waals surface area contributed by atoms with Crippen molar-refractivity contribution >= 4 is 0 Å². The van der Waals surface area contributed by atoms with Crippen LogP contribution in [0.25, 0.3) is 0 Å². The van der Waals surface area contributed by atoms with E-state index in [1.54, 1.807) is 18.2 Å². The minimum Gasteiger partial charge on any atom is -0.491 e. The summed E-state index contributed by atoms with van der Waals surface area (Å²) < 4.78 is 10.6. The molecule has 0 atom stereocenters. The summed E-state index contributed by atoms with van der Waals surface area (Å²) in [5, 5.41) is 18.1. The molecule has 0 aliphatic rings. The molecular weight excluding hydrogens is 208 g/mol. The third kappa shape index (κ3) is 4.18. The van der Waals surface area contributed by atoms with Crippen molar-refractivity contribution in [2.24, 2.45) is 0 Å². The van der Waals surface area contributed by atoms with Crippen LogP contribution >= 0.6 is 0 Å². The van der Waals surface area contributed by atoms with Crippen LogP contribution in [0.4, 0.5) is 0 Å². The first-order valence-electron chi connectivity index (χ1n) is 5.35. The monoisotopic (exact) mass is 226 g/mol. The summed E-state index contributed by atoms with van der Waals surface area (Å²) in [4.78, 5) is 0. The van der Waals surface area contributed by atoms with Gasteiger partial charge in [0.1, 0.15) is 12.4 Å². The van der Waals surface area contributed by atoms with Crippen molar-refractivity contribution in [3.63, 3.8) is 0 Å². The predicted molar refractivity (Wildman–Crippen MR) is 60.3 cm³/mol. The number of hydrogen-bond donors (Lipinski definition) is 2. The molecule has 0 aromatic heterocycles. The van der Waals surface area contributed by atoms with E-state index >= 15 is 0 Å². The maximum absolute atomic E-state index is 9.03. The minimum absolute atomic E-state index is 0.0599. The molecular formula is C12H18O4. The Bertz CT molecular complexity index is 290. The Kier molecular flexibility index (Phi) is 5.85. The van der Waals surface area contributed by atoms with Crippen molar-refractivity contribution in [1.29, 1.82) is 0 Å². The van der Waals surface area contributed by atoms with Crippen LogP contribution in [0.3, 0.4) is 0 Å². The summed E-state index contributed by atoms with van der Waals surface area (Å²) in [5.74, 6) is 0.648. The van der Waals surface area contributed by atoms with E-state index in [4.69, 9.17) is 19.7 Å². The molecule has 0 unspecified atom stereocenters. The Morgan fingerprint density at radius 1 is 1.00 bits per heavy atom. The summed E-state index contributed by atoms with van der Waals surface area (Å²) in [6, 6.07) is 5.26. The van der Waals surface area contributed by atoms with Gasteiger partial charge in [-0.1, -0.05) is 6.07 Å². The normalized spacial score (nSPS) is 10.4. The van der Waals surface area contributed by atoms with Gasteiger partial charge in [-0.25, -0.2) is 0 Å². The minimum atomic E-state index is -0.0599. The lowest BCUT2D eigenvalue weighted by Gasteiger charge is -2.09. The van der Waals surface area contributed by atoms with Gasteiger partial charge in [-0.05, 0) is 30.2 Å². The predicted octanol–water partition coefficient (Wildman–Crippen LogP) is 1.09. The van der Waals surface area contributed by atoms with Crippen molar-refractivity contribution in [3.8, 4) is 5.75 Å². The molecule has 90 valence electrons. The second-order valence-corrected chi connectivity index (χ2v) is 3.35. The molecule has 0 saturated heterocycles. The lowest BCUT2D eigenvalue weighted by atomic mass is 10.1. The number of ether oxygens (including phenoxy) is 2. The third-order valence-electron chi connectivity index (χ3n) is 2.09. The Hall–Kier alpha value is -1.10. The zero-order valence-corrected chi connectivity index (χ0v) is 9.48. The molecule has 4 nitrogen and oxygen atoms in total. The van der Waals surface area contributed by atoms with Gasteiger partial charge >= 0.3 is 0 Å². The van der Waals surface area contributed by atoms with Gasteiger partial charge in [0.2, 0.25) is 0 Å². The summed E-state index contributed by atoms with van der Waals surface area (Å²) in [6.07, 6.45) is 0. The Labute approximate surface area is 95.4 Å². The van der Waals surface area contributed by atoms with E-state index in [2.05, 4.69) is 0 Å². The van der Waals surface area contributed by atoms with Gasteiger partial charge in [-0.15, -0.1) is 0 Å². The first kappa shape index (κ1) is 13.0. The molecule has 16 heavy (non-hydrogen) atoms. The molecule has 0 aliphatic heterocycles. The maximum atomic E-state index is 9.03. The molecule has 0 amide bonds. The Morgan fingerprint density at radius 3 is 2.12 bits per heavy atom. The zero-order valence-electron chi connectivity index (χ0n) is 9.48. The van der Waals surface area contributed by atoms with Crippen LogP contribution in [0, 0.1) is 0 Å². The van der Waals surface area contributed by atoms with Crippen LogP contribution in [0.1, 0.15) is 18.1 Å². The number of aliphatic hydroxyl groups is 2. The van der Waals surface area contributed by atoms with Gasteiger partial charge in [0.15, 0.2) is 0 Å². The van der Waals surface area contributed by atoms with E-state index in [9.17, 15) is 0 Å². The fourth-order valence-electron chi connectivity index (χ4n) is 1.36. The molecule has 0 fully saturated rings. The van der Waals surface area contributed by atoms with E-state index in [1.807, 2.05) is 6.92 Å². The number of hydrogen-bond acceptors (Lipinski definition) is 4. The number of benzene rings is 1. The second kappa shape index (κ2) is 7.22. The SMILES string of the molecule is CCOCCOc1cc(CO)cc(CO)c1. The summed E-state index contributed by atoms with van der Waals surface area (Å²) in [6.45, 7) is 3.48. The average Bonchev–Trinajstić information content (AvgIpc) is 2.34. The van der Waals surface area contributed by atoms with Crippen LogP contribution in [0.2, 0.25) is 0 Å². The van der Waals surface area contributed by atoms with Gasteiger partial charge in [0.05, 0.1) is 19.8 Å². The number of aliphatic hydroxyl groups excluding tert-OH is 2. The first-order chi connectivity index (χ1) is 7.80. The van der Waals surface area contributed by atoms with E-state index in [0.717, 1.165) is 11.1 Å². The van der Waals surface area contributed by atoms with Crippen molar-refractivity contribution in [2.45, 2.75) is 20.1 Å². The van der Waals surface area contributed by atoms with E-state index in [1.165, 1.54) is 0 Å². The van der Waals surface area contributed by atoms with Gasteiger partial charge < -0.3 is 19.7 Å². The van der Waals surface area contributed by atoms with Crippen molar-refractivity contribution in [1.82, 2.24) is 0 Å². The van der Waals surface area contributed by atoms with Crippen LogP contribution in [0.15, 0.2) is 18.2 Å².